The number of aliphatic hydroxyl groups is 1. The van der Waals surface area contributed by atoms with Crippen LogP contribution in [-0.2, 0) is 9.53 Å². The van der Waals surface area contributed by atoms with Gasteiger partial charge in [-0.3, -0.25) is 9.59 Å². The van der Waals surface area contributed by atoms with E-state index < -0.39 is 43.0 Å². The van der Waals surface area contributed by atoms with Crippen molar-refractivity contribution in [3.05, 3.63) is 54.1 Å². The molecule has 0 bridgehead atoms. The minimum Gasteiger partial charge on any atom is -0.490 e. The monoisotopic (exact) mass is 650 g/mol. The molecule has 254 valence electrons. The molecule has 2 aromatic rings. The van der Waals surface area contributed by atoms with Crippen LogP contribution < -0.4 is 15.4 Å². The smallest absolute Gasteiger partial charge is 0.389 e. The average Bonchev–Trinajstić information content (AvgIpc) is 3.01. The molecule has 1 heterocycles. The van der Waals surface area contributed by atoms with Gasteiger partial charge in [0.15, 0.2) is 0 Å². The summed E-state index contributed by atoms with van der Waals surface area (Å²) in [5.41, 5.74) is 0.897. The Morgan fingerprint density at radius 3 is 2.48 bits per heavy atom. The van der Waals surface area contributed by atoms with Crippen LogP contribution in [0.5, 0.6) is 5.75 Å². The zero-order chi connectivity index (χ0) is 33.9. The van der Waals surface area contributed by atoms with E-state index in [9.17, 15) is 32.7 Å². The van der Waals surface area contributed by atoms with E-state index in [1.165, 1.54) is 28.0 Å². The maximum atomic E-state index is 14.2. The summed E-state index contributed by atoms with van der Waals surface area (Å²) in [6, 6.07) is 12.5. The number of hydrogen-bond acceptors (Lipinski definition) is 6. The number of likely N-dealkylation sites (N-methyl/N-ethyl adjacent to an activating group) is 1. The molecule has 10 nitrogen and oxygen atoms in total. The summed E-state index contributed by atoms with van der Waals surface area (Å²) in [5.74, 6) is -1.36. The third kappa shape index (κ3) is 11.5. The number of anilines is 2. The van der Waals surface area contributed by atoms with Crippen molar-refractivity contribution >= 4 is 29.2 Å². The number of rotatable bonds is 8. The van der Waals surface area contributed by atoms with E-state index >= 15 is 0 Å². The number of para-hydroxylation sites is 1. The predicted octanol–water partition coefficient (Wildman–Crippen LogP) is 5.93. The third-order valence-electron chi connectivity index (χ3n) is 7.80. The van der Waals surface area contributed by atoms with Crippen molar-refractivity contribution in [1.82, 2.24) is 9.80 Å². The number of carbonyl (C=O) groups excluding carboxylic acids is 3. The Bertz CT molecular complexity index is 1300. The van der Waals surface area contributed by atoms with Crippen molar-refractivity contribution in [2.75, 3.05) is 44.0 Å². The van der Waals surface area contributed by atoms with Crippen LogP contribution in [0, 0.1) is 5.92 Å². The second-order valence-electron chi connectivity index (χ2n) is 11.9. The number of ether oxygens (including phenoxy) is 2. The Balaban J connectivity index is 1.88. The SMILES string of the molecule is C[C@@H]1CCCCO[C@H](CN(C)C(=O)Nc2ccccc2)[C@H](C)CN([C@H](C)CO)C(=O)c2cc(NC(=O)CCC(F)(F)F)ccc2O1. The van der Waals surface area contributed by atoms with Crippen LogP contribution in [0.2, 0.25) is 0 Å². The molecule has 2 aromatic carbocycles. The van der Waals surface area contributed by atoms with Gasteiger partial charge in [-0.1, -0.05) is 25.1 Å². The molecule has 3 rings (SSSR count). The first-order chi connectivity index (χ1) is 21.8. The van der Waals surface area contributed by atoms with Gasteiger partial charge in [-0.05, 0) is 63.4 Å². The van der Waals surface area contributed by atoms with Gasteiger partial charge < -0.3 is 35.0 Å². The molecule has 0 fully saturated rings. The maximum Gasteiger partial charge on any atom is 0.389 e. The van der Waals surface area contributed by atoms with E-state index in [0.29, 0.717) is 18.7 Å². The van der Waals surface area contributed by atoms with Crippen LogP contribution >= 0.6 is 0 Å². The molecule has 0 aliphatic carbocycles. The first kappa shape index (κ1) is 36.6. The number of urea groups is 1. The highest BCUT2D eigenvalue weighted by Gasteiger charge is 2.31. The van der Waals surface area contributed by atoms with Gasteiger partial charge in [-0.2, -0.15) is 13.2 Å². The van der Waals surface area contributed by atoms with Gasteiger partial charge in [0.05, 0.1) is 36.8 Å². The number of nitrogens with zero attached hydrogens (tertiary/aromatic N) is 2. The Kier molecular flexibility index (Phi) is 13.7. The van der Waals surface area contributed by atoms with Crippen molar-refractivity contribution < 1.29 is 42.1 Å². The van der Waals surface area contributed by atoms with Crippen LogP contribution in [-0.4, -0.2) is 90.5 Å². The molecule has 1 aliphatic heterocycles. The van der Waals surface area contributed by atoms with Gasteiger partial charge in [-0.25, -0.2) is 4.79 Å². The zero-order valence-electron chi connectivity index (χ0n) is 26.8. The Hall–Kier alpha value is -3.84. The first-order valence-corrected chi connectivity index (χ1v) is 15.5. The molecule has 4 atom stereocenters. The topological polar surface area (TPSA) is 120 Å². The largest absolute Gasteiger partial charge is 0.490 e. The number of benzene rings is 2. The summed E-state index contributed by atoms with van der Waals surface area (Å²) >= 11 is 0. The number of aliphatic hydroxyl groups excluding tert-OH is 1. The molecule has 0 saturated carbocycles. The van der Waals surface area contributed by atoms with Gasteiger partial charge in [0, 0.05) is 50.5 Å². The fourth-order valence-electron chi connectivity index (χ4n) is 5.03. The normalized spacial score (nSPS) is 20.5. The van der Waals surface area contributed by atoms with Crippen molar-refractivity contribution in [2.45, 2.75) is 77.3 Å². The highest BCUT2D eigenvalue weighted by atomic mass is 19.4. The summed E-state index contributed by atoms with van der Waals surface area (Å²) < 4.78 is 50.4. The molecular formula is C33H45F3N4O6. The average molecular weight is 651 g/mol. The predicted molar refractivity (Wildman–Crippen MR) is 169 cm³/mol. The van der Waals surface area contributed by atoms with E-state index in [1.807, 2.05) is 32.0 Å². The fourth-order valence-corrected chi connectivity index (χ4v) is 5.03. The molecule has 46 heavy (non-hydrogen) atoms. The molecule has 0 aromatic heterocycles. The first-order valence-electron chi connectivity index (χ1n) is 15.5. The molecule has 1 aliphatic rings. The Morgan fingerprint density at radius 2 is 1.80 bits per heavy atom. The zero-order valence-corrected chi connectivity index (χ0v) is 26.8. The van der Waals surface area contributed by atoms with Gasteiger partial charge in [0.25, 0.3) is 5.91 Å². The molecule has 0 saturated heterocycles. The van der Waals surface area contributed by atoms with Crippen LogP contribution in [0.25, 0.3) is 0 Å². The Morgan fingerprint density at radius 1 is 1.09 bits per heavy atom. The van der Waals surface area contributed by atoms with Gasteiger partial charge in [0.2, 0.25) is 5.91 Å². The number of alkyl halides is 3. The second kappa shape index (κ2) is 17.2. The van der Waals surface area contributed by atoms with Crippen LogP contribution in [0.15, 0.2) is 48.5 Å². The van der Waals surface area contributed by atoms with E-state index in [4.69, 9.17) is 9.47 Å². The number of nitrogens with one attached hydrogen (secondary N) is 2. The third-order valence-corrected chi connectivity index (χ3v) is 7.80. The summed E-state index contributed by atoms with van der Waals surface area (Å²) in [6.45, 7) is 5.94. The minimum atomic E-state index is -4.48. The lowest BCUT2D eigenvalue weighted by atomic mass is 10.0. The standard InChI is InChI=1S/C33H45F3N4O6/c1-22-19-40(23(2)21-41)31(43)27-18-26(37-30(42)15-16-33(34,35)36)13-14-28(27)46-24(3)10-8-9-17-45-29(22)20-39(4)32(44)38-25-11-6-5-7-12-25/h5-7,11-14,18,22-24,29,41H,8-10,15-17,19-21H2,1-4H3,(H,37,42)(H,38,44)/t22-,23-,24-,29-/m1/s1. The van der Waals surface area contributed by atoms with E-state index in [-0.39, 0.29) is 54.7 Å². The fraction of sp³-hybridized carbons (Fsp3) is 0.545. The number of halogens is 3. The molecule has 13 heteroatoms. The van der Waals surface area contributed by atoms with Crippen molar-refractivity contribution in [1.29, 1.82) is 0 Å². The number of hydrogen-bond donors (Lipinski definition) is 3. The Labute approximate surface area is 268 Å². The molecule has 4 amide bonds. The van der Waals surface area contributed by atoms with Gasteiger partial charge in [-0.15, -0.1) is 0 Å². The number of amides is 4. The lowest BCUT2D eigenvalue weighted by Gasteiger charge is -2.35. The van der Waals surface area contributed by atoms with Crippen LogP contribution in [0.1, 0.15) is 63.2 Å². The number of fused-ring (bicyclic) bond motifs is 1. The van der Waals surface area contributed by atoms with Gasteiger partial charge >= 0.3 is 12.2 Å². The highest BCUT2D eigenvalue weighted by molar-refractivity contribution is 5.99. The van der Waals surface area contributed by atoms with Gasteiger partial charge in [0.1, 0.15) is 5.75 Å². The van der Waals surface area contributed by atoms with E-state index in [1.54, 1.807) is 26.1 Å². The second-order valence-corrected chi connectivity index (χ2v) is 11.9. The molecule has 0 radical (unpaired) electrons. The quantitative estimate of drug-likeness (QED) is 0.326. The van der Waals surface area contributed by atoms with Crippen molar-refractivity contribution in [3.63, 3.8) is 0 Å². The molecule has 0 spiro atoms. The lowest BCUT2D eigenvalue weighted by molar-refractivity contribution is -0.142. The maximum absolute atomic E-state index is 14.2. The van der Waals surface area contributed by atoms with Crippen LogP contribution in [0.3, 0.4) is 0 Å². The van der Waals surface area contributed by atoms with Crippen molar-refractivity contribution in [2.24, 2.45) is 5.92 Å². The lowest BCUT2D eigenvalue weighted by Crippen LogP contribution is -2.48. The summed E-state index contributed by atoms with van der Waals surface area (Å²) in [5, 5.41) is 15.4. The number of carbonyl (C=O) groups is 3. The highest BCUT2D eigenvalue weighted by Crippen LogP contribution is 2.29. The summed E-state index contributed by atoms with van der Waals surface area (Å²) in [7, 11) is 1.67. The van der Waals surface area contributed by atoms with E-state index in [0.717, 1.165) is 12.8 Å². The van der Waals surface area contributed by atoms with Crippen molar-refractivity contribution in [3.8, 4) is 5.75 Å². The van der Waals surface area contributed by atoms with Crippen LogP contribution in [0.4, 0.5) is 29.3 Å². The minimum absolute atomic E-state index is 0.0989. The van der Waals surface area contributed by atoms with E-state index in [2.05, 4.69) is 10.6 Å². The molecule has 0 unspecified atom stereocenters. The summed E-state index contributed by atoms with van der Waals surface area (Å²) in [6.07, 6.45) is -5.07. The molecular weight excluding hydrogens is 605 g/mol. The summed E-state index contributed by atoms with van der Waals surface area (Å²) in [4.78, 5) is 42.4. The molecule has 3 N–H and O–H groups in total.